The molecule has 7 nitrogen and oxygen atoms in total. The van der Waals surface area contributed by atoms with Crippen molar-refractivity contribution in [2.45, 2.75) is 0 Å². The lowest BCUT2D eigenvalue weighted by Gasteiger charge is -2.09. The first-order valence-corrected chi connectivity index (χ1v) is 8.69. The highest BCUT2D eigenvalue weighted by molar-refractivity contribution is 6.04. The van der Waals surface area contributed by atoms with Crippen LogP contribution < -0.4 is 14.8 Å². The Kier molecular flexibility index (Phi) is 6.36. The molecule has 148 valence electrons. The molecule has 0 aromatic heterocycles. The van der Waals surface area contributed by atoms with E-state index in [0.717, 1.165) is 23.9 Å². The highest BCUT2D eigenvalue weighted by Crippen LogP contribution is 2.22. The number of nitro benzene ring substituents is 1. The maximum atomic E-state index is 13.8. The highest BCUT2D eigenvalue weighted by Gasteiger charge is 2.14. The number of benzene rings is 3. The van der Waals surface area contributed by atoms with Crippen LogP contribution in [-0.4, -0.2) is 24.0 Å². The van der Waals surface area contributed by atoms with Crippen LogP contribution in [0.2, 0.25) is 0 Å². The smallest absolute Gasteiger partial charge is 0.271 e. The van der Waals surface area contributed by atoms with E-state index in [9.17, 15) is 19.3 Å². The Bertz CT molecular complexity index is 994. The first-order valence-electron chi connectivity index (χ1n) is 8.69. The molecule has 0 aliphatic carbocycles. The molecule has 3 aromatic rings. The molecule has 0 aliphatic rings. The SMILES string of the molecule is O=C(Nc1cc([N+](=O)[O-])ccc1F)c1ccc(OCCOc2ccccc2)cc1. The molecule has 0 saturated heterocycles. The Hall–Kier alpha value is -3.94. The first kappa shape index (κ1) is 19.8. The van der Waals surface area contributed by atoms with E-state index in [2.05, 4.69) is 5.32 Å². The molecule has 3 rings (SSSR count). The van der Waals surface area contributed by atoms with Gasteiger partial charge in [-0.05, 0) is 42.5 Å². The van der Waals surface area contributed by atoms with Crippen LogP contribution in [0, 0.1) is 15.9 Å². The van der Waals surface area contributed by atoms with Crippen molar-refractivity contribution in [3.63, 3.8) is 0 Å². The van der Waals surface area contributed by atoms with Gasteiger partial charge in [0.1, 0.15) is 30.5 Å². The number of ether oxygens (including phenoxy) is 2. The Morgan fingerprint density at radius 3 is 2.17 bits per heavy atom. The molecule has 8 heteroatoms. The van der Waals surface area contributed by atoms with Crippen molar-refractivity contribution in [2.75, 3.05) is 18.5 Å². The number of halogens is 1. The summed E-state index contributed by atoms with van der Waals surface area (Å²) in [6.45, 7) is 0.678. The molecular formula is C21H17FN2O5. The minimum atomic E-state index is -0.762. The number of rotatable bonds is 8. The van der Waals surface area contributed by atoms with Gasteiger partial charge in [-0.15, -0.1) is 0 Å². The van der Waals surface area contributed by atoms with E-state index in [0.29, 0.717) is 19.0 Å². The van der Waals surface area contributed by atoms with Crippen molar-refractivity contribution < 1.29 is 23.6 Å². The molecule has 0 bridgehead atoms. The van der Waals surface area contributed by atoms with Crippen LogP contribution in [0.15, 0.2) is 72.8 Å². The van der Waals surface area contributed by atoms with E-state index in [1.165, 1.54) is 12.1 Å². The number of amides is 1. The molecule has 0 unspecified atom stereocenters. The van der Waals surface area contributed by atoms with Crippen molar-refractivity contribution in [2.24, 2.45) is 0 Å². The van der Waals surface area contributed by atoms with E-state index < -0.39 is 16.6 Å². The van der Waals surface area contributed by atoms with Gasteiger partial charge in [-0.1, -0.05) is 18.2 Å². The molecule has 0 atom stereocenters. The van der Waals surface area contributed by atoms with Crippen LogP contribution in [-0.2, 0) is 0 Å². The molecule has 0 heterocycles. The summed E-state index contributed by atoms with van der Waals surface area (Å²) >= 11 is 0. The molecule has 0 saturated carbocycles. The summed E-state index contributed by atoms with van der Waals surface area (Å²) in [6.07, 6.45) is 0. The zero-order valence-electron chi connectivity index (χ0n) is 15.2. The van der Waals surface area contributed by atoms with Gasteiger partial charge in [0.25, 0.3) is 11.6 Å². The van der Waals surface area contributed by atoms with Crippen LogP contribution in [0.25, 0.3) is 0 Å². The second kappa shape index (κ2) is 9.32. The second-order valence-electron chi connectivity index (χ2n) is 5.91. The number of anilines is 1. The number of hydrogen-bond acceptors (Lipinski definition) is 5. The van der Waals surface area contributed by atoms with Gasteiger partial charge in [-0.3, -0.25) is 14.9 Å². The number of para-hydroxylation sites is 1. The molecule has 0 fully saturated rings. The zero-order valence-corrected chi connectivity index (χ0v) is 15.2. The monoisotopic (exact) mass is 396 g/mol. The van der Waals surface area contributed by atoms with Gasteiger partial charge in [0.05, 0.1) is 10.6 Å². The number of nitrogens with one attached hydrogen (secondary N) is 1. The topological polar surface area (TPSA) is 90.7 Å². The van der Waals surface area contributed by atoms with Gasteiger partial charge in [0, 0.05) is 17.7 Å². The molecule has 1 N–H and O–H groups in total. The predicted molar refractivity (Wildman–Crippen MR) is 105 cm³/mol. The van der Waals surface area contributed by atoms with Crippen molar-refractivity contribution in [1.29, 1.82) is 0 Å². The third-order valence-corrected chi connectivity index (χ3v) is 3.89. The quantitative estimate of drug-likeness (QED) is 0.345. The maximum absolute atomic E-state index is 13.8. The third-order valence-electron chi connectivity index (χ3n) is 3.89. The van der Waals surface area contributed by atoms with E-state index in [1.807, 2.05) is 30.3 Å². The van der Waals surface area contributed by atoms with Crippen molar-refractivity contribution in [3.05, 3.63) is 94.3 Å². The highest BCUT2D eigenvalue weighted by atomic mass is 19.1. The molecule has 1 amide bonds. The summed E-state index contributed by atoms with van der Waals surface area (Å²) in [5, 5.41) is 13.1. The number of non-ortho nitro benzene ring substituents is 1. The van der Waals surface area contributed by atoms with Gasteiger partial charge in [0.15, 0.2) is 0 Å². The molecule has 29 heavy (non-hydrogen) atoms. The van der Waals surface area contributed by atoms with Crippen LogP contribution in [0.5, 0.6) is 11.5 Å². The van der Waals surface area contributed by atoms with E-state index in [1.54, 1.807) is 12.1 Å². The third kappa shape index (κ3) is 5.52. The average molecular weight is 396 g/mol. The van der Waals surface area contributed by atoms with Crippen LogP contribution in [0.4, 0.5) is 15.8 Å². The van der Waals surface area contributed by atoms with Gasteiger partial charge in [-0.25, -0.2) is 4.39 Å². The Morgan fingerprint density at radius 1 is 0.931 bits per heavy atom. The Labute approximate surface area is 165 Å². The second-order valence-corrected chi connectivity index (χ2v) is 5.91. The number of hydrogen-bond donors (Lipinski definition) is 1. The lowest BCUT2D eigenvalue weighted by molar-refractivity contribution is -0.384. The fourth-order valence-electron chi connectivity index (χ4n) is 2.46. The molecule has 3 aromatic carbocycles. The fraction of sp³-hybridized carbons (Fsp3) is 0.0952. The summed E-state index contributed by atoms with van der Waals surface area (Å²) in [4.78, 5) is 22.4. The van der Waals surface area contributed by atoms with Crippen molar-refractivity contribution in [1.82, 2.24) is 0 Å². The zero-order chi connectivity index (χ0) is 20.6. The number of carbonyl (C=O) groups excluding carboxylic acids is 1. The molecule has 0 aliphatic heterocycles. The van der Waals surface area contributed by atoms with E-state index in [-0.39, 0.29) is 16.9 Å². The number of carbonyl (C=O) groups is 1. The minimum absolute atomic E-state index is 0.254. The lowest BCUT2D eigenvalue weighted by Crippen LogP contribution is -2.13. The van der Waals surface area contributed by atoms with E-state index in [4.69, 9.17) is 9.47 Å². The fourth-order valence-corrected chi connectivity index (χ4v) is 2.46. The van der Waals surface area contributed by atoms with Crippen LogP contribution >= 0.6 is 0 Å². The minimum Gasteiger partial charge on any atom is -0.490 e. The van der Waals surface area contributed by atoms with Gasteiger partial charge in [0.2, 0.25) is 0 Å². The summed E-state index contributed by atoms with van der Waals surface area (Å²) in [5.41, 5.74) is -0.324. The van der Waals surface area contributed by atoms with Crippen LogP contribution in [0.3, 0.4) is 0 Å². The number of nitro groups is 1. The van der Waals surface area contributed by atoms with Crippen molar-refractivity contribution in [3.8, 4) is 11.5 Å². The Morgan fingerprint density at radius 2 is 1.55 bits per heavy atom. The summed E-state index contributed by atoms with van der Waals surface area (Å²) in [5.74, 6) is -0.0677. The van der Waals surface area contributed by atoms with Gasteiger partial charge >= 0.3 is 0 Å². The summed E-state index contributed by atoms with van der Waals surface area (Å²) in [7, 11) is 0. The van der Waals surface area contributed by atoms with Crippen LogP contribution in [0.1, 0.15) is 10.4 Å². The predicted octanol–water partition coefficient (Wildman–Crippen LogP) is 4.44. The molecule has 0 spiro atoms. The molecule has 0 radical (unpaired) electrons. The largest absolute Gasteiger partial charge is 0.490 e. The Balaban J connectivity index is 1.53. The van der Waals surface area contributed by atoms with E-state index >= 15 is 0 Å². The standard InChI is InChI=1S/C21H17FN2O5/c22-19-11-8-16(24(26)27)14-20(19)23-21(25)15-6-9-18(10-7-15)29-13-12-28-17-4-2-1-3-5-17/h1-11,14H,12-13H2,(H,23,25). The van der Waals surface area contributed by atoms with Crippen molar-refractivity contribution >= 4 is 17.3 Å². The van der Waals surface area contributed by atoms with Gasteiger partial charge < -0.3 is 14.8 Å². The number of nitrogens with zero attached hydrogens (tertiary/aromatic N) is 1. The van der Waals surface area contributed by atoms with Gasteiger partial charge in [-0.2, -0.15) is 0 Å². The first-order chi connectivity index (χ1) is 14.0. The lowest BCUT2D eigenvalue weighted by atomic mass is 10.2. The average Bonchev–Trinajstić information content (AvgIpc) is 2.74. The summed E-state index contributed by atoms with van der Waals surface area (Å²) in [6, 6.07) is 18.5. The summed E-state index contributed by atoms with van der Waals surface area (Å²) < 4.78 is 24.9. The normalized spacial score (nSPS) is 10.2. The maximum Gasteiger partial charge on any atom is 0.271 e. The molecular weight excluding hydrogens is 379 g/mol.